The Morgan fingerprint density at radius 3 is 2.44 bits per heavy atom. The molecule has 1 aromatic rings. The Hall–Kier alpha value is -2.49. The minimum atomic E-state index is -4.79. The van der Waals surface area contributed by atoms with Crippen LogP contribution >= 0.6 is 0 Å². The van der Waals surface area contributed by atoms with Crippen LogP contribution in [0.2, 0.25) is 0 Å². The number of carboxylic acid groups (broad SMARTS) is 1. The molecule has 5 nitrogen and oxygen atoms in total. The first-order valence-corrected chi connectivity index (χ1v) is 10.4. The van der Waals surface area contributed by atoms with E-state index >= 15 is 0 Å². The van der Waals surface area contributed by atoms with Crippen LogP contribution in [0.4, 0.5) is 22.0 Å². The molecule has 1 fully saturated rings. The van der Waals surface area contributed by atoms with Crippen LogP contribution in [0.5, 0.6) is 0 Å². The normalized spacial score (nSPS) is 18.5. The zero-order chi connectivity index (χ0) is 23.9. The molecule has 0 saturated carbocycles. The molecule has 178 valence electrons. The van der Waals surface area contributed by atoms with Gasteiger partial charge in [-0.2, -0.15) is 22.0 Å². The number of aliphatic hydroxyl groups excluding tert-OH is 1. The van der Waals surface area contributed by atoms with Crippen molar-refractivity contribution in [2.75, 3.05) is 6.54 Å². The summed E-state index contributed by atoms with van der Waals surface area (Å²) in [7, 11) is 0. The minimum Gasteiger partial charge on any atom is -0.481 e. The lowest BCUT2D eigenvalue weighted by atomic mass is 9.99. The van der Waals surface area contributed by atoms with Crippen LogP contribution in [0.25, 0.3) is 0 Å². The molecule has 1 heterocycles. The van der Waals surface area contributed by atoms with Crippen molar-refractivity contribution in [1.82, 2.24) is 4.90 Å². The molecule has 2 atom stereocenters. The summed E-state index contributed by atoms with van der Waals surface area (Å²) in [5, 5.41) is 18.6. The lowest BCUT2D eigenvalue weighted by Gasteiger charge is -2.24. The predicted octanol–water partition coefficient (Wildman–Crippen LogP) is 4.74. The van der Waals surface area contributed by atoms with Gasteiger partial charge in [0.15, 0.2) is 0 Å². The topological polar surface area (TPSA) is 77.8 Å². The molecule has 1 aliphatic rings. The number of alkyl halides is 5. The van der Waals surface area contributed by atoms with Gasteiger partial charge in [0, 0.05) is 24.9 Å². The molecule has 10 heteroatoms. The molecule has 0 aliphatic carbocycles. The summed E-state index contributed by atoms with van der Waals surface area (Å²) in [5.41, 5.74) is -2.19. The number of hydrogen-bond donors (Lipinski definition) is 2. The number of aliphatic hydroxyl groups is 1. The molecular weight excluding hydrogens is 437 g/mol. The van der Waals surface area contributed by atoms with Crippen LogP contribution in [0.1, 0.15) is 56.1 Å². The maximum Gasteiger partial charge on any atom is 0.416 e. The fourth-order valence-electron chi connectivity index (χ4n) is 3.59. The number of amides is 1. The van der Waals surface area contributed by atoms with E-state index in [0.717, 1.165) is 18.2 Å². The van der Waals surface area contributed by atoms with Crippen molar-refractivity contribution in [3.05, 3.63) is 47.5 Å². The van der Waals surface area contributed by atoms with E-state index in [1.807, 2.05) is 0 Å². The number of carbonyl (C=O) groups excluding carboxylic acids is 1. The second-order valence-corrected chi connectivity index (χ2v) is 7.78. The molecule has 1 aromatic carbocycles. The number of benzene rings is 1. The van der Waals surface area contributed by atoms with E-state index in [1.54, 1.807) is 0 Å². The van der Waals surface area contributed by atoms with E-state index in [2.05, 4.69) is 0 Å². The van der Waals surface area contributed by atoms with Gasteiger partial charge in [-0.25, -0.2) is 0 Å². The highest BCUT2D eigenvalue weighted by molar-refractivity contribution is 5.79. The van der Waals surface area contributed by atoms with Crippen molar-refractivity contribution in [1.29, 1.82) is 0 Å². The third-order valence-corrected chi connectivity index (χ3v) is 5.38. The van der Waals surface area contributed by atoms with Gasteiger partial charge in [0.25, 0.3) is 0 Å². The van der Waals surface area contributed by atoms with E-state index in [4.69, 9.17) is 5.11 Å². The summed E-state index contributed by atoms with van der Waals surface area (Å²) in [6.45, 7) is 0.376. The fourth-order valence-corrected chi connectivity index (χ4v) is 3.59. The maximum absolute atomic E-state index is 14.6. The zero-order valence-electron chi connectivity index (χ0n) is 17.3. The first kappa shape index (κ1) is 25.8. The van der Waals surface area contributed by atoms with Crippen molar-refractivity contribution < 1.29 is 41.8 Å². The Morgan fingerprint density at radius 1 is 1.12 bits per heavy atom. The van der Waals surface area contributed by atoms with E-state index < -0.39 is 41.3 Å². The van der Waals surface area contributed by atoms with E-state index in [0.29, 0.717) is 50.8 Å². The van der Waals surface area contributed by atoms with Crippen molar-refractivity contribution >= 4 is 11.9 Å². The quantitative estimate of drug-likeness (QED) is 0.282. The van der Waals surface area contributed by atoms with Gasteiger partial charge in [-0.05, 0) is 31.4 Å². The molecule has 1 saturated heterocycles. The lowest BCUT2D eigenvalue weighted by Crippen LogP contribution is -2.34. The Kier molecular flexibility index (Phi) is 8.77. The fraction of sp³-hybridized carbons (Fsp3) is 0.545. The Balaban J connectivity index is 1.97. The number of halogens is 5. The van der Waals surface area contributed by atoms with Crippen LogP contribution in [-0.4, -0.2) is 45.7 Å². The number of carbonyl (C=O) groups is 2. The second-order valence-electron chi connectivity index (χ2n) is 7.78. The van der Waals surface area contributed by atoms with Crippen molar-refractivity contribution in [2.45, 2.75) is 69.2 Å². The maximum atomic E-state index is 14.6. The van der Waals surface area contributed by atoms with Gasteiger partial charge in [0.2, 0.25) is 5.91 Å². The van der Waals surface area contributed by atoms with E-state index in [-0.39, 0.29) is 18.7 Å². The molecule has 32 heavy (non-hydrogen) atoms. The average molecular weight is 463 g/mol. The molecule has 2 rings (SSSR count). The third-order valence-electron chi connectivity index (χ3n) is 5.38. The highest BCUT2D eigenvalue weighted by Gasteiger charge is 2.41. The van der Waals surface area contributed by atoms with Crippen LogP contribution in [0.15, 0.2) is 36.4 Å². The van der Waals surface area contributed by atoms with Gasteiger partial charge in [-0.3, -0.25) is 9.59 Å². The average Bonchev–Trinajstić information content (AvgIpc) is 3.07. The summed E-state index contributed by atoms with van der Waals surface area (Å²) in [4.78, 5) is 24.1. The van der Waals surface area contributed by atoms with E-state index in [9.17, 15) is 36.6 Å². The van der Waals surface area contributed by atoms with Crippen LogP contribution in [0, 0.1) is 0 Å². The van der Waals surface area contributed by atoms with Gasteiger partial charge < -0.3 is 15.1 Å². The molecule has 0 aromatic heterocycles. The Bertz CT molecular complexity index is 825. The molecule has 2 unspecified atom stereocenters. The number of rotatable bonds is 11. The number of aliphatic carboxylic acids is 1. The smallest absolute Gasteiger partial charge is 0.416 e. The molecule has 1 aliphatic heterocycles. The zero-order valence-corrected chi connectivity index (χ0v) is 17.3. The van der Waals surface area contributed by atoms with Crippen molar-refractivity contribution in [2.24, 2.45) is 0 Å². The summed E-state index contributed by atoms with van der Waals surface area (Å²) in [5.74, 6) is -4.97. The number of nitrogens with zero attached hydrogens (tertiary/aromatic N) is 1. The third kappa shape index (κ3) is 7.01. The Labute approximate surface area is 182 Å². The SMILES string of the molecule is O=C(O)CCCCCCN1C(=O)CCC1C=CC(O)C(F)(F)c1cccc(C(F)(F)F)c1. The van der Waals surface area contributed by atoms with Crippen molar-refractivity contribution in [3.8, 4) is 0 Å². The van der Waals surface area contributed by atoms with Gasteiger partial charge in [0.1, 0.15) is 6.10 Å². The molecule has 0 radical (unpaired) electrons. The van der Waals surface area contributed by atoms with Gasteiger partial charge >= 0.3 is 18.1 Å². The molecule has 0 bridgehead atoms. The summed E-state index contributed by atoms with van der Waals surface area (Å²) < 4.78 is 67.5. The molecule has 1 amide bonds. The second kappa shape index (κ2) is 10.9. The summed E-state index contributed by atoms with van der Waals surface area (Å²) in [6.07, 6.45) is -1.78. The number of likely N-dealkylation sites (tertiary alicyclic amines) is 1. The highest BCUT2D eigenvalue weighted by atomic mass is 19.4. The lowest BCUT2D eigenvalue weighted by molar-refractivity contribution is -0.138. The minimum absolute atomic E-state index is 0.0754. The van der Waals surface area contributed by atoms with Gasteiger partial charge in [-0.1, -0.05) is 37.1 Å². The van der Waals surface area contributed by atoms with Crippen LogP contribution in [0.3, 0.4) is 0 Å². The van der Waals surface area contributed by atoms with Gasteiger partial charge in [0.05, 0.1) is 11.6 Å². The largest absolute Gasteiger partial charge is 0.481 e. The molecule has 0 spiro atoms. The summed E-state index contributed by atoms with van der Waals surface area (Å²) >= 11 is 0. The monoisotopic (exact) mass is 463 g/mol. The first-order valence-electron chi connectivity index (χ1n) is 10.4. The van der Waals surface area contributed by atoms with Crippen molar-refractivity contribution in [3.63, 3.8) is 0 Å². The van der Waals surface area contributed by atoms with Crippen LogP contribution < -0.4 is 0 Å². The standard InChI is InChI=1S/C22H26F5NO4/c23-21(24,15-6-5-7-16(14-15)22(25,26)27)18(29)11-9-17-10-12-19(30)28(17)13-4-2-1-3-8-20(31)32/h5-7,9,11,14,17-18,29H,1-4,8,10,12-13H2,(H,31,32). The summed E-state index contributed by atoms with van der Waals surface area (Å²) in [6, 6.07) is 2.17. The Morgan fingerprint density at radius 2 is 1.78 bits per heavy atom. The number of unbranched alkanes of at least 4 members (excludes halogenated alkanes) is 3. The predicted molar refractivity (Wildman–Crippen MR) is 106 cm³/mol. The number of carboxylic acids is 1. The number of hydrogen-bond acceptors (Lipinski definition) is 3. The molecule has 2 N–H and O–H groups in total. The highest BCUT2D eigenvalue weighted by Crippen LogP contribution is 2.37. The van der Waals surface area contributed by atoms with Crippen LogP contribution in [-0.2, 0) is 21.7 Å². The van der Waals surface area contributed by atoms with E-state index in [1.165, 1.54) is 11.0 Å². The molecular formula is C22H26F5NO4. The van der Waals surface area contributed by atoms with Gasteiger partial charge in [-0.15, -0.1) is 0 Å². The first-order chi connectivity index (χ1) is 14.9.